The van der Waals surface area contributed by atoms with Crippen molar-refractivity contribution in [2.45, 2.75) is 25.9 Å². The highest BCUT2D eigenvalue weighted by Gasteiger charge is 2.47. The lowest BCUT2D eigenvalue weighted by molar-refractivity contribution is -0.131. The number of nitriles is 1. The van der Waals surface area contributed by atoms with Gasteiger partial charge in [-0.05, 0) is 25.0 Å². The third kappa shape index (κ3) is 2.93. The minimum atomic E-state index is -4.90. The fraction of sp³-hybridized carbons (Fsp3) is 0.250. The fourth-order valence-electron chi connectivity index (χ4n) is 2.55. The molecule has 1 aliphatic heterocycles. The van der Waals surface area contributed by atoms with Gasteiger partial charge in [-0.2, -0.15) is 18.4 Å². The summed E-state index contributed by atoms with van der Waals surface area (Å²) in [6.07, 6.45) is -4.90. The topological polar surface area (TPSA) is 76.1 Å². The van der Waals surface area contributed by atoms with Crippen molar-refractivity contribution >= 4 is 5.78 Å². The molecule has 2 rings (SSSR count). The first kappa shape index (κ1) is 16.6. The number of nitrogens with zero attached hydrogens (tertiary/aromatic N) is 1. The van der Waals surface area contributed by atoms with Crippen LogP contribution in [-0.4, -0.2) is 12.0 Å². The van der Waals surface area contributed by atoms with Gasteiger partial charge in [-0.3, -0.25) is 4.79 Å². The first-order valence-electron chi connectivity index (χ1n) is 6.63. The minimum absolute atomic E-state index is 0.211. The van der Waals surface area contributed by atoms with Gasteiger partial charge in [0.2, 0.25) is 11.6 Å². The Labute approximate surface area is 130 Å². The number of carbonyl (C=O) groups is 1. The predicted molar refractivity (Wildman–Crippen MR) is 75.6 cm³/mol. The number of hydrogen-bond donors (Lipinski definition) is 1. The number of aryl methyl sites for hydroxylation is 1. The molecule has 0 unspecified atom stereocenters. The Kier molecular flexibility index (Phi) is 4.19. The summed E-state index contributed by atoms with van der Waals surface area (Å²) in [4.78, 5) is 11.9. The van der Waals surface area contributed by atoms with Crippen molar-refractivity contribution in [1.82, 2.24) is 0 Å². The summed E-state index contributed by atoms with van der Waals surface area (Å²) >= 11 is 0. The summed E-state index contributed by atoms with van der Waals surface area (Å²) in [6.45, 7) is 2.69. The Hall–Kier alpha value is -2.75. The van der Waals surface area contributed by atoms with E-state index in [9.17, 15) is 23.2 Å². The van der Waals surface area contributed by atoms with Crippen LogP contribution in [0.1, 0.15) is 24.0 Å². The molecule has 1 aromatic carbocycles. The van der Waals surface area contributed by atoms with Crippen LogP contribution in [0.2, 0.25) is 0 Å². The zero-order valence-corrected chi connectivity index (χ0v) is 12.4. The van der Waals surface area contributed by atoms with Crippen molar-refractivity contribution in [2.24, 2.45) is 5.73 Å². The highest BCUT2D eigenvalue weighted by atomic mass is 19.4. The van der Waals surface area contributed by atoms with Crippen molar-refractivity contribution in [3.63, 3.8) is 0 Å². The lowest BCUT2D eigenvalue weighted by Gasteiger charge is -2.29. The Bertz CT molecular complexity index is 770. The lowest BCUT2D eigenvalue weighted by atomic mass is 9.79. The number of rotatable bonds is 2. The second kappa shape index (κ2) is 5.80. The highest BCUT2D eigenvalue weighted by Crippen LogP contribution is 2.45. The van der Waals surface area contributed by atoms with Gasteiger partial charge in [0.25, 0.3) is 0 Å². The van der Waals surface area contributed by atoms with E-state index in [2.05, 4.69) is 4.74 Å². The van der Waals surface area contributed by atoms with Crippen LogP contribution in [-0.2, 0) is 9.53 Å². The van der Waals surface area contributed by atoms with E-state index >= 15 is 0 Å². The van der Waals surface area contributed by atoms with Gasteiger partial charge in [0, 0.05) is 0 Å². The monoisotopic (exact) mass is 322 g/mol. The van der Waals surface area contributed by atoms with Gasteiger partial charge in [0.15, 0.2) is 5.78 Å². The normalized spacial score (nSPS) is 18.5. The molecule has 4 nitrogen and oxygen atoms in total. The summed E-state index contributed by atoms with van der Waals surface area (Å²) in [6, 6.07) is 8.33. The molecule has 2 N–H and O–H groups in total. The molecule has 0 aliphatic carbocycles. The zero-order chi connectivity index (χ0) is 17.4. The van der Waals surface area contributed by atoms with E-state index in [0.717, 1.165) is 6.92 Å². The van der Waals surface area contributed by atoms with Crippen molar-refractivity contribution in [2.75, 3.05) is 0 Å². The molecule has 0 fully saturated rings. The number of Topliss-reactive ketones (excluding diaryl/α,β-unsaturated/α-hetero) is 1. The number of carbonyl (C=O) groups excluding carboxylic acids is 1. The number of ketones is 1. The largest absolute Gasteiger partial charge is 0.450 e. The highest BCUT2D eigenvalue weighted by molar-refractivity contribution is 5.97. The van der Waals surface area contributed by atoms with Gasteiger partial charge < -0.3 is 10.5 Å². The molecule has 1 heterocycles. The van der Waals surface area contributed by atoms with E-state index in [1.54, 1.807) is 37.3 Å². The van der Waals surface area contributed by atoms with Crippen LogP contribution in [0.3, 0.4) is 0 Å². The van der Waals surface area contributed by atoms with Gasteiger partial charge in [-0.25, -0.2) is 0 Å². The molecule has 0 spiro atoms. The maximum Gasteiger partial charge on any atom is 0.450 e. The maximum atomic E-state index is 13.2. The summed E-state index contributed by atoms with van der Waals surface area (Å²) < 4.78 is 44.3. The fourth-order valence-corrected chi connectivity index (χ4v) is 2.55. The van der Waals surface area contributed by atoms with Crippen molar-refractivity contribution in [3.8, 4) is 6.07 Å². The molecule has 0 saturated carbocycles. The van der Waals surface area contributed by atoms with Gasteiger partial charge in [0.1, 0.15) is 11.6 Å². The lowest BCUT2D eigenvalue weighted by Crippen LogP contribution is -2.30. The summed E-state index contributed by atoms with van der Waals surface area (Å²) in [5.74, 6) is -4.14. The summed E-state index contributed by atoms with van der Waals surface area (Å²) in [5, 5.41) is 9.29. The molecule has 1 aromatic rings. The number of halogens is 3. The van der Waals surface area contributed by atoms with Gasteiger partial charge >= 0.3 is 6.18 Å². The van der Waals surface area contributed by atoms with E-state index in [1.165, 1.54) is 0 Å². The van der Waals surface area contributed by atoms with Crippen molar-refractivity contribution in [1.29, 1.82) is 5.26 Å². The number of nitrogens with two attached hydrogens (primary N) is 1. The van der Waals surface area contributed by atoms with Crippen LogP contribution in [0, 0.1) is 18.3 Å². The molecule has 1 aliphatic rings. The van der Waals surface area contributed by atoms with Crippen molar-refractivity contribution in [3.05, 3.63) is 58.2 Å². The van der Waals surface area contributed by atoms with Crippen LogP contribution in [0.4, 0.5) is 13.2 Å². The predicted octanol–water partition coefficient (Wildman–Crippen LogP) is 3.21. The van der Waals surface area contributed by atoms with E-state index in [0.29, 0.717) is 11.1 Å². The van der Waals surface area contributed by atoms with Crippen LogP contribution in [0.25, 0.3) is 0 Å². The SMILES string of the molecule is CC(=O)C1=C(C(F)(F)F)OC(N)=C(C#N)[C@H]1c1ccccc1C. The number of hydrogen-bond acceptors (Lipinski definition) is 4. The average molecular weight is 322 g/mol. The van der Waals surface area contributed by atoms with Gasteiger partial charge in [-0.1, -0.05) is 24.3 Å². The minimum Gasteiger partial charge on any atom is -0.435 e. The molecule has 0 aromatic heterocycles. The van der Waals surface area contributed by atoms with Gasteiger partial charge in [0.05, 0.1) is 11.5 Å². The molecule has 0 radical (unpaired) electrons. The maximum absolute atomic E-state index is 13.2. The van der Waals surface area contributed by atoms with Crippen LogP contribution in [0.15, 0.2) is 47.1 Å². The Morgan fingerprint density at radius 1 is 1.35 bits per heavy atom. The Balaban J connectivity index is 2.82. The second-order valence-corrected chi connectivity index (χ2v) is 5.08. The summed E-state index contributed by atoms with van der Waals surface area (Å²) in [7, 11) is 0. The molecule has 23 heavy (non-hydrogen) atoms. The number of alkyl halides is 3. The van der Waals surface area contributed by atoms with E-state index in [-0.39, 0.29) is 5.57 Å². The number of allylic oxidation sites excluding steroid dienone is 3. The Morgan fingerprint density at radius 3 is 2.43 bits per heavy atom. The molecular formula is C16H13F3N2O2. The van der Waals surface area contributed by atoms with E-state index < -0.39 is 35.1 Å². The number of benzene rings is 1. The zero-order valence-electron chi connectivity index (χ0n) is 12.4. The van der Waals surface area contributed by atoms with Crippen LogP contribution >= 0.6 is 0 Å². The van der Waals surface area contributed by atoms with Crippen LogP contribution in [0.5, 0.6) is 0 Å². The molecule has 7 heteroatoms. The van der Waals surface area contributed by atoms with E-state index in [4.69, 9.17) is 5.73 Å². The van der Waals surface area contributed by atoms with E-state index in [1.807, 2.05) is 0 Å². The summed E-state index contributed by atoms with van der Waals surface area (Å²) in [5.41, 5.74) is 5.73. The third-order valence-corrected chi connectivity index (χ3v) is 3.56. The second-order valence-electron chi connectivity index (χ2n) is 5.08. The molecule has 1 atom stereocenters. The molecule has 0 amide bonds. The van der Waals surface area contributed by atoms with Gasteiger partial charge in [-0.15, -0.1) is 0 Å². The smallest absolute Gasteiger partial charge is 0.435 e. The molecule has 120 valence electrons. The van der Waals surface area contributed by atoms with Crippen LogP contribution < -0.4 is 5.73 Å². The standard InChI is InChI=1S/C16H13F3N2O2/c1-8-5-3-4-6-10(8)13-11(7-20)15(21)23-14(16(17,18)19)12(13)9(2)22/h3-6,13H,21H2,1-2H3/t13-/m1/s1. The first-order valence-corrected chi connectivity index (χ1v) is 6.63. The Morgan fingerprint density at radius 2 is 1.96 bits per heavy atom. The average Bonchev–Trinajstić information content (AvgIpc) is 2.45. The first-order chi connectivity index (χ1) is 10.7. The molecule has 0 saturated heterocycles. The third-order valence-electron chi connectivity index (χ3n) is 3.56. The quantitative estimate of drug-likeness (QED) is 0.907. The van der Waals surface area contributed by atoms with Crippen molar-refractivity contribution < 1.29 is 22.7 Å². The molecule has 0 bridgehead atoms. The molecular weight excluding hydrogens is 309 g/mol. The number of ether oxygens (including phenoxy) is 1.